The smallest absolute Gasteiger partial charge is 0.251 e. The molecule has 2 nitrogen and oxygen atoms in total. The molecule has 1 aromatic rings. The molecule has 3 heteroatoms. The molecular weight excluding hydrogens is 205 g/mol. The topological polar surface area (TPSA) is 29.1 Å². The van der Waals surface area contributed by atoms with Gasteiger partial charge in [-0.25, -0.2) is 4.39 Å². The molecule has 0 spiro atoms. The lowest BCUT2D eigenvalue weighted by atomic mass is 10.2. The second-order valence-corrected chi connectivity index (χ2v) is 3.42. The van der Waals surface area contributed by atoms with E-state index in [4.69, 9.17) is 6.42 Å². The number of terminal acetylenes is 1. The minimum atomic E-state index is -0.342. The summed E-state index contributed by atoms with van der Waals surface area (Å²) < 4.78 is 12.6. The van der Waals surface area contributed by atoms with Gasteiger partial charge in [-0.15, -0.1) is 12.3 Å². The van der Waals surface area contributed by atoms with Gasteiger partial charge in [-0.05, 0) is 37.1 Å². The zero-order chi connectivity index (χ0) is 11.8. The molecule has 0 bridgehead atoms. The Morgan fingerprint density at radius 1 is 1.31 bits per heavy atom. The quantitative estimate of drug-likeness (QED) is 0.597. The normalized spacial score (nSPS) is 9.50. The minimum Gasteiger partial charge on any atom is -0.352 e. The van der Waals surface area contributed by atoms with Crippen molar-refractivity contribution in [1.82, 2.24) is 5.32 Å². The monoisotopic (exact) mass is 219 g/mol. The number of nitrogens with one attached hydrogen (secondary N) is 1. The van der Waals surface area contributed by atoms with Crippen LogP contribution in [0.2, 0.25) is 0 Å². The van der Waals surface area contributed by atoms with Crippen molar-refractivity contribution in [2.24, 2.45) is 0 Å². The molecule has 1 rings (SSSR count). The van der Waals surface area contributed by atoms with Crippen molar-refractivity contribution in [3.63, 3.8) is 0 Å². The highest BCUT2D eigenvalue weighted by atomic mass is 19.1. The van der Waals surface area contributed by atoms with Crippen LogP contribution >= 0.6 is 0 Å². The molecule has 0 radical (unpaired) electrons. The number of hydrogen-bond donors (Lipinski definition) is 1. The Kier molecular flexibility index (Phi) is 5.07. The highest BCUT2D eigenvalue weighted by Gasteiger charge is 2.03. The van der Waals surface area contributed by atoms with Crippen molar-refractivity contribution in [3.05, 3.63) is 35.6 Å². The van der Waals surface area contributed by atoms with Crippen molar-refractivity contribution in [3.8, 4) is 12.3 Å². The van der Waals surface area contributed by atoms with Crippen molar-refractivity contribution in [2.45, 2.75) is 19.3 Å². The van der Waals surface area contributed by atoms with Gasteiger partial charge in [-0.3, -0.25) is 4.79 Å². The van der Waals surface area contributed by atoms with Crippen LogP contribution < -0.4 is 5.32 Å². The van der Waals surface area contributed by atoms with Gasteiger partial charge in [-0.1, -0.05) is 0 Å². The largest absolute Gasteiger partial charge is 0.352 e. The SMILES string of the molecule is C#CCCCCNC(=O)c1ccc(F)cc1. The van der Waals surface area contributed by atoms with E-state index >= 15 is 0 Å². The molecule has 0 aliphatic heterocycles. The van der Waals surface area contributed by atoms with E-state index in [2.05, 4.69) is 11.2 Å². The van der Waals surface area contributed by atoms with E-state index in [1.807, 2.05) is 0 Å². The Hall–Kier alpha value is -1.82. The Morgan fingerprint density at radius 2 is 2.00 bits per heavy atom. The second kappa shape index (κ2) is 6.62. The first kappa shape index (κ1) is 12.3. The van der Waals surface area contributed by atoms with Gasteiger partial charge < -0.3 is 5.32 Å². The summed E-state index contributed by atoms with van der Waals surface area (Å²) in [7, 11) is 0. The Labute approximate surface area is 94.9 Å². The van der Waals surface area contributed by atoms with Crippen LogP contribution in [-0.2, 0) is 0 Å². The van der Waals surface area contributed by atoms with Gasteiger partial charge in [0.25, 0.3) is 5.91 Å². The molecule has 1 amide bonds. The highest BCUT2D eigenvalue weighted by molar-refractivity contribution is 5.94. The van der Waals surface area contributed by atoms with Crippen molar-refractivity contribution in [1.29, 1.82) is 0 Å². The maximum atomic E-state index is 12.6. The molecule has 0 aliphatic carbocycles. The molecule has 0 heterocycles. The second-order valence-electron chi connectivity index (χ2n) is 3.42. The summed E-state index contributed by atoms with van der Waals surface area (Å²) in [6.45, 7) is 0.595. The lowest BCUT2D eigenvalue weighted by molar-refractivity contribution is 0.0953. The third kappa shape index (κ3) is 4.14. The van der Waals surface area contributed by atoms with Gasteiger partial charge in [0.2, 0.25) is 0 Å². The predicted molar refractivity (Wildman–Crippen MR) is 61.4 cm³/mol. The lowest BCUT2D eigenvalue weighted by Crippen LogP contribution is -2.24. The average molecular weight is 219 g/mol. The summed E-state index contributed by atoms with van der Waals surface area (Å²) in [6, 6.07) is 5.47. The Morgan fingerprint density at radius 3 is 2.62 bits per heavy atom. The van der Waals surface area contributed by atoms with Crippen LogP contribution in [0.25, 0.3) is 0 Å². The number of unbranched alkanes of at least 4 members (excludes halogenated alkanes) is 2. The molecule has 84 valence electrons. The number of carbonyl (C=O) groups is 1. The summed E-state index contributed by atoms with van der Waals surface area (Å²) in [5.41, 5.74) is 0.471. The van der Waals surface area contributed by atoms with Crippen LogP contribution in [-0.4, -0.2) is 12.5 Å². The van der Waals surface area contributed by atoms with Gasteiger partial charge in [0, 0.05) is 18.5 Å². The Bertz CT molecular complexity index is 378. The molecule has 0 saturated heterocycles. The van der Waals surface area contributed by atoms with Gasteiger partial charge in [0.05, 0.1) is 0 Å². The maximum Gasteiger partial charge on any atom is 0.251 e. The summed E-state index contributed by atoms with van der Waals surface area (Å²) in [5.74, 6) is 2.02. The van der Waals surface area contributed by atoms with Gasteiger partial charge >= 0.3 is 0 Å². The molecular formula is C13H14FNO. The summed E-state index contributed by atoms with van der Waals surface area (Å²) in [6.07, 6.45) is 7.59. The van der Waals surface area contributed by atoms with Crippen molar-refractivity contribution >= 4 is 5.91 Å². The number of rotatable bonds is 5. The fourth-order valence-electron chi connectivity index (χ4n) is 1.26. The van der Waals surface area contributed by atoms with E-state index in [0.29, 0.717) is 12.1 Å². The molecule has 0 saturated carbocycles. The van der Waals surface area contributed by atoms with Crippen LogP contribution in [0, 0.1) is 18.2 Å². The van der Waals surface area contributed by atoms with Crippen LogP contribution in [0.4, 0.5) is 4.39 Å². The maximum absolute atomic E-state index is 12.6. The first-order valence-corrected chi connectivity index (χ1v) is 5.21. The van der Waals surface area contributed by atoms with Gasteiger partial charge in [0.1, 0.15) is 5.82 Å². The third-order valence-corrected chi connectivity index (χ3v) is 2.14. The van der Waals surface area contributed by atoms with Crippen LogP contribution in [0.3, 0.4) is 0 Å². The zero-order valence-electron chi connectivity index (χ0n) is 9.00. The Balaban J connectivity index is 2.30. The van der Waals surface area contributed by atoms with E-state index in [9.17, 15) is 9.18 Å². The van der Waals surface area contributed by atoms with Crippen LogP contribution in [0.1, 0.15) is 29.6 Å². The molecule has 1 N–H and O–H groups in total. The fraction of sp³-hybridized carbons (Fsp3) is 0.308. The summed E-state index contributed by atoms with van der Waals surface area (Å²) in [4.78, 5) is 11.5. The first-order valence-electron chi connectivity index (χ1n) is 5.21. The fourth-order valence-corrected chi connectivity index (χ4v) is 1.26. The number of halogens is 1. The lowest BCUT2D eigenvalue weighted by Gasteiger charge is -2.04. The number of carbonyl (C=O) groups excluding carboxylic acids is 1. The van der Waals surface area contributed by atoms with E-state index in [1.54, 1.807) is 0 Å². The molecule has 1 aromatic carbocycles. The first-order chi connectivity index (χ1) is 7.74. The standard InChI is InChI=1S/C13H14FNO/c1-2-3-4-5-10-15-13(16)11-6-8-12(14)9-7-11/h1,6-9H,3-5,10H2,(H,15,16). The summed E-state index contributed by atoms with van der Waals surface area (Å²) >= 11 is 0. The number of hydrogen-bond acceptors (Lipinski definition) is 1. The van der Waals surface area contributed by atoms with Crippen LogP contribution in [0.15, 0.2) is 24.3 Å². The van der Waals surface area contributed by atoms with Crippen molar-refractivity contribution < 1.29 is 9.18 Å². The van der Waals surface area contributed by atoms with E-state index in [1.165, 1.54) is 24.3 Å². The van der Waals surface area contributed by atoms with E-state index in [-0.39, 0.29) is 11.7 Å². The third-order valence-electron chi connectivity index (χ3n) is 2.14. The highest BCUT2D eigenvalue weighted by Crippen LogP contribution is 2.02. The molecule has 0 aromatic heterocycles. The predicted octanol–water partition coefficient (Wildman–Crippen LogP) is 2.36. The average Bonchev–Trinajstić information content (AvgIpc) is 2.29. The molecule has 0 unspecified atom stereocenters. The van der Waals surface area contributed by atoms with E-state index in [0.717, 1.165) is 19.3 Å². The van der Waals surface area contributed by atoms with Crippen molar-refractivity contribution in [2.75, 3.05) is 6.54 Å². The molecule has 0 aliphatic rings. The summed E-state index contributed by atoms with van der Waals surface area (Å²) in [5, 5.41) is 2.75. The minimum absolute atomic E-state index is 0.180. The van der Waals surface area contributed by atoms with Gasteiger partial charge in [-0.2, -0.15) is 0 Å². The molecule has 0 atom stereocenters. The van der Waals surface area contributed by atoms with E-state index < -0.39 is 0 Å². The van der Waals surface area contributed by atoms with Crippen LogP contribution in [0.5, 0.6) is 0 Å². The molecule has 16 heavy (non-hydrogen) atoms. The number of amides is 1. The van der Waals surface area contributed by atoms with Gasteiger partial charge in [0.15, 0.2) is 0 Å². The zero-order valence-corrected chi connectivity index (χ0v) is 9.00. The molecule has 0 fully saturated rings. The number of benzene rings is 1.